The molecule has 0 aliphatic heterocycles. The predicted octanol–water partition coefficient (Wildman–Crippen LogP) is 5.59. The molecule has 3 aromatic carbocycles. The summed E-state index contributed by atoms with van der Waals surface area (Å²) in [5, 5.41) is 5.90. The van der Waals surface area contributed by atoms with E-state index in [1.165, 1.54) is 13.2 Å². The maximum absolute atomic E-state index is 12.2. The Bertz CT molecular complexity index is 1280. The van der Waals surface area contributed by atoms with E-state index >= 15 is 0 Å². The Morgan fingerprint density at radius 2 is 1.73 bits per heavy atom. The predicted molar refractivity (Wildman–Crippen MR) is 132 cm³/mol. The lowest BCUT2D eigenvalue weighted by atomic mass is 10.1. The third kappa shape index (κ3) is 5.81. The van der Waals surface area contributed by atoms with E-state index in [-0.39, 0.29) is 11.9 Å². The molecule has 0 saturated carbocycles. The van der Waals surface area contributed by atoms with Crippen molar-refractivity contribution < 1.29 is 14.3 Å². The third-order valence-electron chi connectivity index (χ3n) is 4.97. The molecule has 0 fully saturated rings. The minimum absolute atomic E-state index is 0.196. The van der Waals surface area contributed by atoms with Gasteiger partial charge in [-0.25, -0.2) is 9.78 Å². The molecule has 0 atom stereocenters. The molecule has 0 spiro atoms. The molecule has 1 heterocycles. The Balaban J connectivity index is 1.36. The zero-order valence-corrected chi connectivity index (χ0v) is 18.8. The van der Waals surface area contributed by atoms with E-state index in [0.29, 0.717) is 12.1 Å². The average molecular weight is 455 g/mol. The summed E-state index contributed by atoms with van der Waals surface area (Å²) in [7, 11) is 1.34. The zero-order chi connectivity index (χ0) is 23.0. The molecule has 1 amide bonds. The third-order valence-corrected chi connectivity index (χ3v) is 5.86. The number of esters is 1. The molecule has 0 saturated heterocycles. The van der Waals surface area contributed by atoms with Crippen LogP contribution in [-0.4, -0.2) is 24.0 Å². The van der Waals surface area contributed by atoms with Crippen LogP contribution >= 0.6 is 11.3 Å². The number of nitrogens with one attached hydrogen (secondary N) is 1. The van der Waals surface area contributed by atoms with E-state index in [2.05, 4.69) is 15.4 Å². The molecule has 0 aliphatic carbocycles. The summed E-state index contributed by atoms with van der Waals surface area (Å²) in [4.78, 5) is 28.5. The van der Waals surface area contributed by atoms with Crippen LogP contribution in [0.4, 0.5) is 0 Å². The van der Waals surface area contributed by atoms with Crippen molar-refractivity contribution in [2.75, 3.05) is 7.11 Å². The van der Waals surface area contributed by atoms with Crippen molar-refractivity contribution in [1.82, 2.24) is 10.3 Å². The fraction of sp³-hybridized carbons (Fsp3) is 0.0741. The minimum Gasteiger partial charge on any atom is -0.465 e. The highest BCUT2D eigenvalue weighted by Gasteiger charge is 2.08. The van der Waals surface area contributed by atoms with Gasteiger partial charge in [0, 0.05) is 29.1 Å². The number of hydrogen-bond donors (Lipinski definition) is 1. The van der Waals surface area contributed by atoms with Crippen LogP contribution in [0.15, 0.2) is 90.3 Å². The molecule has 1 N–H and O–H groups in total. The van der Waals surface area contributed by atoms with Gasteiger partial charge in [0.05, 0.1) is 18.4 Å². The summed E-state index contributed by atoms with van der Waals surface area (Å²) in [6, 6.07) is 25.0. The second-order valence-corrected chi connectivity index (χ2v) is 8.13. The van der Waals surface area contributed by atoms with Gasteiger partial charge in [-0.1, -0.05) is 60.7 Å². The maximum Gasteiger partial charge on any atom is 0.337 e. The van der Waals surface area contributed by atoms with Crippen LogP contribution < -0.4 is 5.32 Å². The molecule has 0 bridgehead atoms. The Morgan fingerprint density at radius 1 is 0.970 bits per heavy atom. The SMILES string of the molecule is COC(=O)c1ccc(/C=C/C(=O)NCc2cccc(-c3nc(-c4ccccc4)cs3)c2)cc1. The minimum atomic E-state index is -0.389. The molecular formula is C27H22N2O3S. The number of amides is 1. The van der Waals surface area contributed by atoms with Gasteiger partial charge in [0.25, 0.3) is 0 Å². The van der Waals surface area contributed by atoms with Crippen molar-refractivity contribution in [1.29, 1.82) is 0 Å². The summed E-state index contributed by atoms with van der Waals surface area (Å²) in [5.41, 5.74) is 5.35. The van der Waals surface area contributed by atoms with Gasteiger partial charge in [0.2, 0.25) is 5.91 Å². The molecule has 0 radical (unpaired) electrons. The van der Waals surface area contributed by atoms with Crippen molar-refractivity contribution in [2.24, 2.45) is 0 Å². The van der Waals surface area contributed by atoms with Gasteiger partial charge in [-0.05, 0) is 35.4 Å². The van der Waals surface area contributed by atoms with Crippen LogP contribution in [0.2, 0.25) is 0 Å². The van der Waals surface area contributed by atoms with E-state index in [1.807, 2.05) is 54.6 Å². The summed E-state index contributed by atoms with van der Waals surface area (Å²) >= 11 is 1.60. The van der Waals surface area contributed by atoms with Gasteiger partial charge in [0.1, 0.15) is 5.01 Å². The standard InChI is InChI=1S/C27H22N2O3S/c1-32-27(31)22-13-10-19(11-14-22)12-15-25(30)28-17-20-6-5-9-23(16-20)26-29-24(18-33-26)21-7-3-2-4-8-21/h2-16,18H,17H2,1H3,(H,28,30)/b15-12+. The van der Waals surface area contributed by atoms with Crippen LogP contribution in [-0.2, 0) is 16.1 Å². The van der Waals surface area contributed by atoms with Gasteiger partial charge in [-0.2, -0.15) is 0 Å². The molecular weight excluding hydrogens is 432 g/mol. The molecule has 5 nitrogen and oxygen atoms in total. The van der Waals surface area contributed by atoms with Crippen molar-refractivity contribution in [3.05, 3.63) is 107 Å². The molecule has 1 aromatic heterocycles. The van der Waals surface area contributed by atoms with Crippen molar-refractivity contribution >= 4 is 29.3 Å². The van der Waals surface area contributed by atoms with Crippen molar-refractivity contribution in [3.63, 3.8) is 0 Å². The van der Waals surface area contributed by atoms with Crippen LogP contribution in [0.3, 0.4) is 0 Å². The van der Waals surface area contributed by atoms with E-state index in [0.717, 1.165) is 33.0 Å². The molecule has 164 valence electrons. The average Bonchev–Trinajstić information content (AvgIpc) is 3.37. The molecule has 0 unspecified atom stereocenters. The second kappa shape index (κ2) is 10.5. The highest BCUT2D eigenvalue weighted by Crippen LogP contribution is 2.29. The van der Waals surface area contributed by atoms with E-state index in [1.54, 1.807) is 41.7 Å². The first-order valence-corrected chi connectivity index (χ1v) is 11.2. The smallest absolute Gasteiger partial charge is 0.337 e. The number of rotatable bonds is 7. The van der Waals surface area contributed by atoms with Crippen LogP contribution in [0.1, 0.15) is 21.5 Å². The Morgan fingerprint density at radius 3 is 2.48 bits per heavy atom. The fourth-order valence-electron chi connectivity index (χ4n) is 3.23. The van der Waals surface area contributed by atoms with Crippen LogP contribution in [0, 0.1) is 0 Å². The lowest BCUT2D eigenvalue weighted by Crippen LogP contribution is -2.20. The summed E-state index contributed by atoms with van der Waals surface area (Å²) in [5.74, 6) is -0.586. The highest BCUT2D eigenvalue weighted by molar-refractivity contribution is 7.13. The van der Waals surface area contributed by atoms with Crippen LogP contribution in [0.25, 0.3) is 27.9 Å². The number of benzene rings is 3. The summed E-state index contributed by atoms with van der Waals surface area (Å²) < 4.78 is 4.68. The summed E-state index contributed by atoms with van der Waals surface area (Å²) in [6.07, 6.45) is 3.18. The second-order valence-electron chi connectivity index (χ2n) is 7.27. The first kappa shape index (κ1) is 22.2. The number of thiazole rings is 1. The lowest BCUT2D eigenvalue weighted by molar-refractivity contribution is -0.116. The number of hydrogen-bond acceptors (Lipinski definition) is 5. The Hall–Kier alpha value is -4.03. The quantitative estimate of drug-likeness (QED) is 0.292. The topological polar surface area (TPSA) is 68.3 Å². The van der Waals surface area contributed by atoms with E-state index in [4.69, 9.17) is 4.98 Å². The molecule has 4 aromatic rings. The molecule has 6 heteroatoms. The van der Waals surface area contributed by atoms with Gasteiger partial charge >= 0.3 is 5.97 Å². The maximum atomic E-state index is 12.2. The summed E-state index contributed by atoms with van der Waals surface area (Å²) in [6.45, 7) is 0.412. The molecule has 4 rings (SSSR count). The largest absolute Gasteiger partial charge is 0.465 e. The van der Waals surface area contributed by atoms with Crippen molar-refractivity contribution in [3.8, 4) is 21.8 Å². The van der Waals surface area contributed by atoms with Crippen LogP contribution in [0.5, 0.6) is 0 Å². The number of aromatic nitrogens is 1. The zero-order valence-electron chi connectivity index (χ0n) is 18.0. The lowest BCUT2D eigenvalue weighted by Gasteiger charge is -2.05. The molecule has 33 heavy (non-hydrogen) atoms. The Kier molecular flexibility index (Phi) is 7.07. The number of carbonyl (C=O) groups is 2. The van der Waals surface area contributed by atoms with Gasteiger partial charge in [-0.3, -0.25) is 4.79 Å². The normalized spacial score (nSPS) is 10.8. The number of methoxy groups -OCH3 is 1. The number of ether oxygens (including phenoxy) is 1. The van der Waals surface area contributed by atoms with Gasteiger partial charge in [-0.15, -0.1) is 11.3 Å². The Labute approximate surface area is 196 Å². The highest BCUT2D eigenvalue weighted by atomic mass is 32.1. The van der Waals surface area contributed by atoms with Gasteiger partial charge in [0.15, 0.2) is 0 Å². The monoisotopic (exact) mass is 454 g/mol. The van der Waals surface area contributed by atoms with Crippen molar-refractivity contribution in [2.45, 2.75) is 6.54 Å². The van der Waals surface area contributed by atoms with Gasteiger partial charge < -0.3 is 10.1 Å². The first-order chi connectivity index (χ1) is 16.1. The number of nitrogens with zero attached hydrogens (tertiary/aromatic N) is 1. The molecule has 0 aliphatic rings. The van der Waals surface area contributed by atoms with E-state index in [9.17, 15) is 9.59 Å². The van der Waals surface area contributed by atoms with E-state index < -0.39 is 0 Å². The number of carbonyl (C=O) groups excluding carboxylic acids is 2. The fourth-order valence-corrected chi connectivity index (χ4v) is 4.06. The first-order valence-electron chi connectivity index (χ1n) is 10.4.